The van der Waals surface area contributed by atoms with Crippen LogP contribution in [0.4, 0.5) is 24.8 Å². The van der Waals surface area contributed by atoms with E-state index in [0.29, 0.717) is 17.7 Å². The second-order valence-corrected chi connectivity index (χ2v) is 11.2. The number of aromatic amines is 1. The maximum Gasteiger partial charge on any atom is 0.416 e. The van der Waals surface area contributed by atoms with Crippen LogP contribution >= 0.6 is 0 Å². The Morgan fingerprint density at radius 2 is 1.78 bits per heavy atom. The molecule has 0 amide bonds. The van der Waals surface area contributed by atoms with Crippen molar-refractivity contribution in [2.45, 2.75) is 56.9 Å². The minimum Gasteiger partial charge on any atom is -0.323 e. The summed E-state index contributed by atoms with van der Waals surface area (Å²) in [7, 11) is -3.99. The fourth-order valence-electron chi connectivity index (χ4n) is 2.90. The second kappa shape index (κ2) is 8.19. The zero-order valence-corrected chi connectivity index (χ0v) is 19.1. The van der Waals surface area contributed by atoms with Crippen molar-refractivity contribution >= 4 is 21.5 Å². The quantitative estimate of drug-likeness (QED) is 0.562. The molecule has 0 aliphatic carbocycles. The van der Waals surface area contributed by atoms with Gasteiger partial charge in [-0.15, -0.1) is 0 Å². The molecule has 3 rings (SSSR count). The van der Waals surface area contributed by atoms with Crippen LogP contribution in [0.2, 0.25) is 0 Å². The number of aromatic nitrogens is 4. The lowest BCUT2D eigenvalue weighted by atomic mass is 10.1. The zero-order valence-electron chi connectivity index (χ0n) is 18.3. The molecule has 1 aromatic carbocycles. The SMILES string of the molecule is Cc1[nH]nc(Nc2ccnc(Cc3cc(C(F)(F)F)cc(S(=O)(=O)C(C)(C)C)c3)n2)c1C. The molecule has 0 radical (unpaired) electrons. The summed E-state index contributed by atoms with van der Waals surface area (Å²) in [5.41, 5.74) is 0.903. The van der Waals surface area contributed by atoms with Crippen LogP contribution < -0.4 is 5.32 Å². The van der Waals surface area contributed by atoms with Crippen molar-refractivity contribution in [3.63, 3.8) is 0 Å². The number of benzene rings is 1. The highest BCUT2D eigenvalue weighted by Gasteiger charge is 2.36. The van der Waals surface area contributed by atoms with Crippen LogP contribution in [0, 0.1) is 13.8 Å². The van der Waals surface area contributed by atoms with Crippen molar-refractivity contribution in [1.82, 2.24) is 20.2 Å². The fraction of sp³-hybridized carbons (Fsp3) is 0.381. The summed E-state index contributed by atoms with van der Waals surface area (Å²) in [5, 5.41) is 10.0. The molecule has 0 saturated carbocycles. The summed E-state index contributed by atoms with van der Waals surface area (Å²) in [6.07, 6.45) is -3.30. The van der Waals surface area contributed by atoms with E-state index in [1.165, 1.54) is 33.0 Å². The third-order valence-electron chi connectivity index (χ3n) is 4.98. The van der Waals surface area contributed by atoms with Crippen LogP contribution in [0.25, 0.3) is 0 Å². The molecule has 11 heteroatoms. The first kappa shape index (κ1) is 23.7. The second-order valence-electron chi connectivity index (χ2n) is 8.46. The van der Waals surface area contributed by atoms with Gasteiger partial charge in [0.15, 0.2) is 15.7 Å². The lowest BCUT2D eigenvalue weighted by Crippen LogP contribution is -2.28. The first-order valence-corrected chi connectivity index (χ1v) is 11.2. The number of H-pyrrole nitrogens is 1. The number of alkyl halides is 3. The number of sulfone groups is 1. The van der Waals surface area contributed by atoms with Crippen LogP contribution in [0.5, 0.6) is 0 Å². The molecular weight excluding hydrogens is 443 g/mol. The Hall–Kier alpha value is -2.95. The van der Waals surface area contributed by atoms with Gasteiger partial charge in [-0.05, 0) is 64.4 Å². The largest absolute Gasteiger partial charge is 0.416 e. The molecule has 32 heavy (non-hydrogen) atoms. The van der Waals surface area contributed by atoms with Gasteiger partial charge in [0.2, 0.25) is 0 Å². The number of anilines is 2. The van der Waals surface area contributed by atoms with E-state index in [1.807, 2.05) is 13.8 Å². The molecule has 0 fully saturated rings. The molecule has 0 spiro atoms. The van der Waals surface area contributed by atoms with Gasteiger partial charge in [-0.2, -0.15) is 18.3 Å². The molecule has 7 nitrogen and oxygen atoms in total. The normalized spacial score (nSPS) is 12.8. The maximum absolute atomic E-state index is 13.5. The standard InChI is InChI=1S/C21H24F3N5O2S/c1-12-13(2)28-29-19(12)27-17-6-7-25-18(26-17)10-14-8-15(21(22,23)24)11-16(9-14)32(30,31)20(3,4)5/h6-9,11H,10H2,1-5H3,(H2,25,26,27,28,29). The minimum absolute atomic E-state index is 0.0787. The van der Waals surface area contributed by atoms with Crippen LogP contribution in [-0.4, -0.2) is 33.3 Å². The van der Waals surface area contributed by atoms with Crippen molar-refractivity contribution in [1.29, 1.82) is 0 Å². The summed E-state index contributed by atoms with van der Waals surface area (Å²) in [4.78, 5) is 8.08. The molecule has 172 valence electrons. The monoisotopic (exact) mass is 467 g/mol. The maximum atomic E-state index is 13.5. The van der Waals surface area contributed by atoms with Gasteiger partial charge < -0.3 is 5.32 Å². The van der Waals surface area contributed by atoms with Crippen molar-refractivity contribution in [2.24, 2.45) is 0 Å². The van der Waals surface area contributed by atoms with Gasteiger partial charge >= 0.3 is 6.18 Å². The van der Waals surface area contributed by atoms with Crippen molar-refractivity contribution < 1.29 is 21.6 Å². The lowest BCUT2D eigenvalue weighted by molar-refractivity contribution is -0.137. The molecule has 0 unspecified atom stereocenters. The molecule has 3 aromatic rings. The first-order valence-electron chi connectivity index (χ1n) is 9.75. The number of rotatable bonds is 5. The van der Waals surface area contributed by atoms with Gasteiger partial charge in [0.05, 0.1) is 15.2 Å². The molecule has 2 aromatic heterocycles. The third-order valence-corrected chi connectivity index (χ3v) is 7.45. The Labute approximate surface area is 184 Å². The summed E-state index contributed by atoms with van der Waals surface area (Å²) in [6.45, 7) is 8.08. The van der Waals surface area contributed by atoms with Crippen molar-refractivity contribution in [3.8, 4) is 0 Å². The Morgan fingerprint density at radius 3 is 2.34 bits per heavy atom. The first-order chi connectivity index (χ1) is 14.7. The molecule has 0 aliphatic heterocycles. The molecule has 0 saturated heterocycles. The average molecular weight is 468 g/mol. The summed E-state index contributed by atoms with van der Waals surface area (Å²) in [5.74, 6) is 1.22. The van der Waals surface area contributed by atoms with Gasteiger partial charge in [-0.1, -0.05) is 0 Å². The third kappa shape index (κ3) is 4.93. The van der Waals surface area contributed by atoms with Gasteiger partial charge in [-0.25, -0.2) is 18.4 Å². The van der Waals surface area contributed by atoms with E-state index in [0.717, 1.165) is 17.3 Å². The molecule has 0 aliphatic rings. The Kier molecular flexibility index (Phi) is 6.07. The molecule has 2 N–H and O–H groups in total. The van der Waals surface area contributed by atoms with Crippen LogP contribution in [0.15, 0.2) is 35.4 Å². The molecule has 2 heterocycles. The van der Waals surface area contributed by atoms with Gasteiger partial charge in [-0.3, -0.25) is 5.10 Å². The Bertz CT molecular complexity index is 1250. The van der Waals surface area contributed by atoms with Crippen molar-refractivity contribution in [3.05, 3.63) is 58.7 Å². The van der Waals surface area contributed by atoms with Crippen LogP contribution in [0.3, 0.4) is 0 Å². The average Bonchev–Trinajstić information content (AvgIpc) is 2.98. The predicted molar refractivity (Wildman–Crippen MR) is 115 cm³/mol. The topological polar surface area (TPSA) is 101 Å². The fourth-order valence-corrected chi connectivity index (χ4v) is 4.20. The van der Waals surface area contributed by atoms with Crippen molar-refractivity contribution in [2.75, 3.05) is 5.32 Å². The highest BCUT2D eigenvalue weighted by molar-refractivity contribution is 7.92. The number of hydrogen-bond donors (Lipinski definition) is 2. The highest BCUT2D eigenvalue weighted by Crippen LogP contribution is 2.34. The van der Waals surface area contributed by atoms with E-state index < -0.39 is 26.3 Å². The Balaban J connectivity index is 1.98. The van der Waals surface area contributed by atoms with Gasteiger partial charge in [0, 0.05) is 23.9 Å². The summed E-state index contributed by atoms with van der Waals surface area (Å²) >= 11 is 0. The van der Waals surface area contributed by atoms with Crippen LogP contribution in [-0.2, 0) is 22.4 Å². The lowest BCUT2D eigenvalue weighted by Gasteiger charge is -2.21. The summed E-state index contributed by atoms with van der Waals surface area (Å²) in [6, 6.07) is 4.45. The van der Waals surface area contributed by atoms with Crippen LogP contribution in [0.1, 0.15) is 49.0 Å². The Morgan fingerprint density at radius 1 is 1.09 bits per heavy atom. The van der Waals surface area contributed by atoms with Gasteiger partial charge in [0.1, 0.15) is 11.6 Å². The number of nitrogens with zero attached hydrogens (tertiary/aromatic N) is 3. The number of nitrogens with one attached hydrogen (secondary N) is 2. The van der Waals surface area contributed by atoms with E-state index in [2.05, 4.69) is 25.5 Å². The predicted octanol–water partition coefficient (Wildman–Crippen LogP) is 4.74. The zero-order chi connectivity index (χ0) is 23.9. The molecule has 0 bridgehead atoms. The van der Waals surface area contributed by atoms with Gasteiger partial charge in [0.25, 0.3) is 0 Å². The summed E-state index contributed by atoms with van der Waals surface area (Å²) < 4.78 is 64.8. The molecule has 0 atom stereocenters. The number of hydrogen-bond acceptors (Lipinski definition) is 6. The molecular formula is C21H24F3N5O2S. The highest BCUT2D eigenvalue weighted by atomic mass is 32.2. The van der Waals surface area contributed by atoms with E-state index in [-0.39, 0.29) is 22.7 Å². The minimum atomic E-state index is -4.70. The smallest absolute Gasteiger partial charge is 0.323 e. The van der Waals surface area contributed by atoms with E-state index in [9.17, 15) is 21.6 Å². The number of aryl methyl sites for hydroxylation is 1. The van der Waals surface area contributed by atoms with E-state index in [1.54, 1.807) is 6.07 Å². The van der Waals surface area contributed by atoms with E-state index >= 15 is 0 Å². The van der Waals surface area contributed by atoms with E-state index in [4.69, 9.17) is 0 Å². The number of halogens is 3.